The summed E-state index contributed by atoms with van der Waals surface area (Å²) < 4.78 is 0. The Balaban J connectivity index is 1.77. The zero-order valence-electron chi connectivity index (χ0n) is 14.7. The summed E-state index contributed by atoms with van der Waals surface area (Å²) in [4.78, 5) is 19.8. The molecule has 3 rings (SSSR count). The predicted octanol–water partition coefficient (Wildman–Crippen LogP) is 4.18. The van der Waals surface area contributed by atoms with E-state index in [0.29, 0.717) is 22.9 Å². The highest BCUT2D eigenvalue weighted by atomic mass is 16.1. The molecule has 0 saturated heterocycles. The molecule has 3 aromatic rings. The van der Waals surface area contributed by atoms with Gasteiger partial charge in [0.15, 0.2) is 17.4 Å². The van der Waals surface area contributed by atoms with Crippen molar-refractivity contribution in [2.45, 2.75) is 19.9 Å². The Kier molecular flexibility index (Phi) is 5.12. The van der Waals surface area contributed by atoms with Gasteiger partial charge in [-0.3, -0.25) is 4.79 Å². The molecule has 0 bridgehead atoms. The zero-order chi connectivity index (χ0) is 18.5. The lowest BCUT2D eigenvalue weighted by Gasteiger charge is -2.17. The third-order valence-corrected chi connectivity index (χ3v) is 4.09. The Bertz CT molecular complexity index is 894. The Labute approximate surface area is 152 Å². The van der Waals surface area contributed by atoms with Gasteiger partial charge in [-0.2, -0.15) is 0 Å². The molecule has 0 aliphatic heterocycles. The van der Waals surface area contributed by atoms with Gasteiger partial charge >= 0.3 is 0 Å². The molecule has 4 N–H and O–H groups in total. The van der Waals surface area contributed by atoms with Crippen LogP contribution in [0.1, 0.15) is 35.8 Å². The van der Waals surface area contributed by atoms with E-state index in [1.54, 1.807) is 12.1 Å². The van der Waals surface area contributed by atoms with E-state index in [1.165, 1.54) is 13.3 Å². The number of carbonyl (C=O) groups is 1. The summed E-state index contributed by atoms with van der Waals surface area (Å²) in [5, 5.41) is 6.48. The number of ketones is 1. The average Bonchev–Trinajstić information content (AvgIpc) is 2.66. The molecule has 26 heavy (non-hydrogen) atoms. The lowest BCUT2D eigenvalue weighted by atomic mass is 10.1. The largest absolute Gasteiger partial charge is 0.393 e. The summed E-state index contributed by atoms with van der Waals surface area (Å²) in [6, 6.07) is 17.3. The van der Waals surface area contributed by atoms with Crippen LogP contribution in [-0.2, 0) is 0 Å². The third kappa shape index (κ3) is 3.97. The van der Waals surface area contributed by atoms with E-state index in [0.717, 1.165) is 11.3 Å². The number of nitrogens with two attached hydrogens (primary N) is 1. The first-order chi connectivity index (χ1) is 12.5. The summed E-state index contributed by atoms with van der Waals surface area (Å²) in [7, 11) is 0. The molecule has 6 nitrogen and oxygen atoms in total. The van der Waals surface area contributed by atoms with E-state index in [9.17, 15) is 4.79 Å². The van der Waals surface area contributed by atoms with Crippen molar-refractivity contribution >= 4 is 28.8 Å². The van der Waals surface area contributed by atoms with Crippen molar-refractivity contribution in [1.29, 1.82) is 0 Å². The van der Waals surface area contributed by atoms with E-state index in [4.69, 9.17) is 5.73 Å². The Morgan fingerprint density at radius 2 is 1.65 bits per heavy atom. The number of hydrogen-bond donors (Lipinski definition) is 3. The highest BCUT2D eigenvalue weighted by Gasteiger charge is 2.12. The predicted molar refractivity (Wildman–Crippen MR) is 105 cm³/mol. The number of nitrogens with zero attached hydrogens (tertiary/aromatic N) is 2. The van der Waals surface area contributed by atoms with Gasteiger partial charge in [-0.15, -0.1) is 0 Å². The van der Waals surface area contributed by atoms with Crippen LogP contribution in [0.2, 0.25) is 0 Å². The van der Waals surface area contributed by atoms with Crippen molar-refractivity contribution in [3.63, 3.8) is 0 Å². The number of Topliss-reactive ketones (excluding diaryl/α,β-unsaturated/α-hetero) is 1. The standard InChI is InChI=1S/C20H21N5O/c1-13(15-6-4-3-5-7-15)24-19-18(21)20(23-12-22-19)25-17-10-8-16(9-11-17)14(2)26/h3-13H,21H2,1-2H3,(H2,22,23,24,25). The number of benzene rings is 2. The highest BCUT2D eigenvalue weighted by molar-refractivity contribution is 5.94. The second-order valence-corrected chi connectivity index (χ2v) is 6.02. The number of rotatable bonds is 6. The SMILES string of the molecule is CC(=O)c1ccc(Nc2ncnc(NC(C)c3ccccc3)c2N)cc1. The smallest absolute Gasteiger partial charge is 0.159 e. The maximum Gasteiger partial charge on any atom is 0.159 e. The molecule has 132 valence electrons. The van der Waals surface area contributed by atoms with Gasteiger partial charge in [0.2, 0.25) is 0 Å². The topological polar surface area (TPSA) is 92.9 Å². The Morgan fingerprint density at radius 1 is 1.00 bits per heavy atom. The fourth-order valence-corrected chi connectivity index (χ4v) is 2.57. The first-order valence-corrected chi connectivity index (χ1v) is 8.34. The van der Waals surface area contributed by atoms with E-state index < -0.39 is 0 Å². The number of carbonyl (C=O) groups excluding carboxylic acids is 1. The minimum Gasteiger partial charge on any atom is -0.393 e. The fourth-order valence-electron chi connectivity index (χ4n) is 2.57. The van der Waals surface area contributed by atoms with Crippen LogP contribution < -0.4 is 16.4 Å². The second kappa shape index (κ2) is 7.65. The third-order valence-electron chi connectivity index (χ3n) is 4.09. The van der Waals surface area contributed by atoms with Gasteiger partial charge in [-0.05, 0) is 43.7 Å². The molecular formula is C20H21N5O. The highest BCUT2D eigenvalue weighted by Crippen LogP contribution is 2.28. The van der Waals surface area contributed by atoms with Gasteiger partial charge in [0.05, 0.1) is 6.04 Å². The van der Waals surface area contributed by atoms with Crippen LogP contribution in [0.15, 0.2) is 60.9 Å². The molecule has 0 aliphatic rings. The summed E-state index contributed by atoms with van der Waals surface area (Å²) in [5.74, 6) is 1.11. The fraction of sp³-hybridized carbons (Fsp3) is 0.150. The normalized spacial score (nSPS) is 11.6. The van der Waals surface area contributed by atoms with Gasteiger partial charge < -0.3 is 16.4 Å². The van der Waals surface area contributed by atoms with Crippen LogP contribution in [0.5, 0.6) is 0 Å². The first kappa shape index (κ1) is 17.4. The van der Waals surface area contributed by atoms with Crippen LogP contribution in [-0.4, -0.2) is 15.8 Å². The van der Waals surface area contributed by atoms with Crippen LogP contribution in [0.3, 0.4) is 0 Å². The number of nitrogen functional groups attached to an aromatic ring is 1. The second-order valence-electron chi connectivity index (χ2n) is 6.02. The van der Waals surface area contributed by atoms with Crippen LogP contribution in [0.4, 0.5) is 23.0 Å². The van der Waals surface area contributed by atoms with Crippen molar-refractivity contribution in [2.24, 2.45) is 0 Å². The number of nitrogens with one attached hydrogen (secondary N) is 2. The van der Waals surface area contributed by atoms with Crippen molar-refractivity contribution < 1.29 is 4.79 Å². The van der Waals surface area contributed by atoms with Crippen molar-refractivity contribution in [2.75, 3.05) is 16.4 Å². The molecule has 1 unspecified atom stereocenters. The minimum atomic E-state index is 0.0273. The molecule has 6 heteroatoms. The summed E-state index contributed by atoms with van der Waals surface area (Å²) in [6.45, 7) is 3.58. The quantitative estimate of drug-likeness (QED) is 0.579. The summed E-state index contributed by atoms with van der Waals surface area (Å²) >= 11 is 0. The van der Waals surface area contributed by atoms with Crippen molar-refractivity contribution in [3.8, 4) is 0 Å². The van der Waals surface area contributed by atoms with Gasteiger partial charge in [0.1, 0.15) is 12.0 Å². The molecule has 0 amide bonds. The maximum absolute atomic E-state index is 11.4. The average molecular weight is 347 g/mol. The van der Waals surface area contributed by atoms with Crippen LogP contribution in [0, 0.1) is 0 Å². The van der Waals surface area contributed by atoms with Gasteiger partial charge in [-0.25, -0.2) is 9.97 Å². The molecule has 0 aliphatic carbocycles. The van der Waals surface area contributed by atoms with E-state index in [2.05, 4.69) is 20.6 Å². The van der Waals surface area contributed by atoms with Crippen LogP contribution >= 0.6 is 0 Å². The van der Waals surface area contributed by atoms with E-state index in [-0.39, 0.29) is 11.8 Å². The maximum atomic E-state index is 11.4. The minimum absolute atomic E-state index is 0.0273. The lowest BCUT2D eigenvalue weighted by Crippen LogP contribution is -2.11. The first-order valence-electron chi connectivity index (χ1n) is 8.34. The molecule has 1 aromatic heterocycles. The molecule has 0 fully saturated rings. The van der Waals surface area contributed by atoms with Crippen molar-refractivity contribution in [1.82, 2.24) is 9.97 Å². The number of anilines is 4. The molecule has 1 heterocycles. The molecular weight excluding hydrogens is 326 g/mol. The van der Waals surface area contributed by atoms with Gasteiger partial charge in [0, 0.05) is 11.3 Å². The summed E-state index contributed by atoms with van der Waals surface area (Å²) in [5.41, 5.74) is 9.26. The molecule has 0 saturated carbocycles. The Morgan fingerprint density at radius 3 is 2.31 bits per heavy atom. The number of aromatic nitrogens is 2. The van der Waals surface area contributed by atoms with Crippen molar-refractivity contribution in [3.05, 3.63) is 72.1 Å². The zero-order valence-corrected chi connectivity index (χ0v) is 14.7. The lowest BCUT2D eigenvalue weighted by molar-refractivity contribution is 0.101. The molecule has 2 aromatic carbocycles. The van der Waals surface area contributed by atoms with Gasteiger partial charge in [-0.1, -0.05) is 30.3 Å². The number of hydrogen-bond acceptors (Lipinski definition) is 6. The molecule has 0 radical (unpaired) electrons. The molecule has 0 spiro atoms. The summed E-state index contributed by atoms with van der Waals surface area (Å²) in [6.07, 6.45) is 1.46. The van der Waals surface area contributed by atoms with E-state index >= 15 is 0 Å². The monoisotopic (exact) mass is 347 g/mol. The molecule has 1 atom stereocenters. The van der Waals surface area contributed by atoms with Crippen LogP contribution in [0.25, 0.3) is 0 Å². The van der Waals surface area contributed by atoms with Gasteiger partial charge in [0.25, 0.3) is 0 Å². The Hall–Kier alpha value is -3.41. The van der Waals surface area contributed by atoms with E-state index in [1.807, 2.05) is 49.4 Å².